The number of ether oxygens (including phenoxy) is 1. The summed E-state index contributed by atoms with van der Waals surface area (Å²) < 4.78 is 5.94. The Balaban J connectivity index is 2.53. The van der Waals surface area contributed by atoms with Gasteiger partial charge in [-0.05, 0) is 28.1 Å². The van der Waals surface area contributed by atoms with E-state index in [0.717, 1.165) is 0 Å². The van der Waals surface area contributed by atoms with Crippen molar-refractivity contribution in [3.05, 3.63) is 40.7 Å². The lowest BCUT2D eigenvalue weighted by atomic mass is 10.2. The molecule has 1 heterocycles. The second kappa shape index (κ2) is 3.46. The Hall–Kier alpha value is -1.29. The normalized spacial score (nSPS) is 15.4. The summed E-state index contributed by atoms with van der Waals surface area (Å²) in [5.74, 6) is 0.500. The van der Waals surface area contributed by atoms with Gasteiger partial charge in [-0.15, -0.1) is 0 Å². The topological polar surface area (TPSA) is 29.5 Å². The van der Waals surface area contributed by atoms with Crippen molar-refractivity contribution in [2.75, 3.05) is 7.05 Å². The van der Waals surface area contributed by atoms with E-state index in [4.69, 9.17) is 4.74 Å². The predicted octanol–water partition coefficient (Wildman–Crippen LogP) is 2.34. The van der Waals surface area contributed by atoms with Crippen molar-refractivity contribution in [3.63, 3.8) is 0 Å². The molecule has 0 unspecified atom stereocenters. The molecule has 1 aromatic rings. The molecule has 0 spiro atoms. The summed E-state index contributed by atoms with van der Waals surface area (Å²) in [7, 11) is 1.69. The Morgan fingerprint density at radius 3 is 2.86 bits per heavy atom. The first-order chi connectivity index (χ1) is 6.70. The highest BCUT2D eigenvalue weighted by molar-refractivity contribution is 9.11. The van der Waals surface area contributed by atoms with Gasteiger partial charge < -0.3 is 9.64 Å². The fourth-order valence-electron chi connectivity index (χ4n) is 1.21. The zero-order valence-electron chi connectivity index (χ0n) is 7.53. The maximum atomic E-state index is 11.8. The number of carbonyl (C=O) groups is 1. The molecule has 14 heavy (non-hydrogen) atoms. The molecule has 2 rings (SSSR count). The number of halogens is 1. The first kappa shape index (κ1) is 9.27. The van der Waals surface area contributed by atoms with Crippen LogP contribution in [0.15, 0.2) is 35.1 Å². The number of carbonyl (C=O) groups excluding carboxylic acids is 1. The molecular weight excluding hydrogens is 246 g/mol. The van der Waals surface area contributed by atoms with Crippen LogP contribution in [0.3, 0.4) is 0 Å². The van der Waals surface area contributed by atoms with Crippen LogP contribution < -0.4 is 4.74 Å². The molecule has 0 fully saturated rings. The summed E-state index contributed by atoms with van der Waals surface area (Å²) in [5.41, 5.74) is 0.570. The van der Waals surface area contributed by atoms with Crippen molar-refractivity contribution in [1.82, 2.24) is 4.90 Å². The third-order valence-electron chi connectivity index (χ3n) is 2.03. The van der Waals surface area contributed by atoms with Crippen molar-refractivity contribution in [2.45, 2.75) is 0 Å². The molecule has 1 aliphatic heterocycles. The average Bonchev–Trinajstić information content (AvgIpc) is 2.32. The van der Waals surface area contributed by atoms with Gasteiger partial charge in [-0.25, -0.2) is 0 Å². The summed E-state index contributed by atoms with van der Waals surface area (Å²) in [6.45, 7) is 0. The second-order valence-electron chi connectivity index (χ2n) is 2.92. The highest BCUT2D eigenvalue weighted by Crippen LogP contribution is 2.26. The lowest BCUT2D eigenvalue weighted by Gasteiger charge is -2.12. The number of hydrogen-bond acceptors (Lipinski definition) is 2. The van der Waals surface area contributed by atoms with Crippen molar-refractivity contribution < 1.29 is 9.53 Å². The minimum atomic E-state index is -0.0822. The largest absolute Gasteiger partial charge is 0.461 e. The van der Waals surface area contributed by atoms with Crippen LogP contribution in [-0.2, 0) is 0 Å². The zero-order chi connectivity index (χ0) is 10.1. The average molecular weight is 254 g/mol. The molecule has 3 nitrogen and oxygen atoms in total. The Bertz CT molecular complexity index is 414. The molecule has 0 aromatic heterocycles. The number of amides is 1. The van der Waals surface area contributed by atoms with Crippen molar-refractivity contribution in [1.29, 1.82) is 0 Å². The summed E-state index contributed by atoms with van der Waals surface area (Å²) in [5, 5.41) is 0. The van der Waals surface area contributed by atoms with Crippen LogP contribution >= 0.6 is 15.9 Å². The van der Waals surface area contributed by atoms with Crippen LogP contribution in [0.1, 0.15) is 10.4 Å². The molecule has 0 aliphatic carbocycles. The van der Waals surface area contributed by atoms with Crippen LogP contribution in [0.4, 0.5) is 0 Å². The molecule has 4 heteroatoms. The van der Waals surface area contributed by atoms with E-state index >= 15 is 0 Å². The molecule has 1 aromatic carbocycles. The predicted molar refractivity (Wildman–Crippen MR) is 56.2 cm³/mol. The Kier molecular flexibility index (Phi) is 2.29. The van der Waals surface area contributed by atoms with E-state index in [9.17, 15) is 4.79 Å². The number of hydrogen-bond donors (Lipinski definition) is 0. The lowest BCUT2D eigenvalue weighted by molar-refractivity contribution is 0.0848. The molecule has 1 aliphatic rings. The standard InChI is InChI=1S/C10H8BrNO2/c1-12-9(11)6-14-8-5-3-2-4-7(8)10(12)13/h2-6H,1H3. The summed E-state index contributed by atoms with van der Waals surface area (Å²) in [6.07, 6.45) is 1.50. The van der Waals surface area contributed by atoms with E-state index in [1.807, 2.05) is 12.1 Å². The number of fused-ring (bicyclic) bond motifs is 1. The molecule has 0 radical (unpaired) electrons. The first-order valence-corrected chi connectivity index (χ1v) is 4.89. The molecule has 0 N–H and O–H groups in total. The van der Waals surface area contributed by atoms with Gasteiger partial charge in [0, 0.05) is 7.05 Å². The quantitative estimate of drug-likeness (QED) is 0.665. The van der Waals surface area contributed by atoms with Crippen molar-refractivity contribution in [3.8, 4) is 5.75 Å². The Labute approximate surface area is 90.1 Å². The van der Waals surface area contributed by atoms with Gasteiger partial charge in [-0.1, -0.05) is 12.1 Å². The van der Waals surface area contributed by atoms with E-state index in [1.54, 1.807) is 19.2 Å². The highest BCUT2D eigenvalue weighted by Gasteiger charge is 2.21. The molecule has 72 valence electrons. The highest BCUT2D eigenvalue weighted by atomic mass is 79.9. The number of para-hydroxylation sites is 1. The molecule has 0 saturated heterocycles. The third kappa shape index (κ3) is 1.42. The monoisotopic (exact) mass is 253 g/mol. The summed E-state index contributed by atoms with van der Waals surface area (Å²) >= 11 is 3.24. The van der Waals surface area contributed by atoms with Gasteiger partial charge in [0.05, 0.1) is 5.56 Å². The molecular formula is C10H8BrNO2. The lowest BCUT2D eigenvalue weighted by Crippen LogP contribution is -2.22. The van der Waals surface area contributed by atoms with Crippen LogP contribution in [0.5, 0.6) is 5.75 Å². The molecule has 1 amide bonds. The maximum Gasteiger partial charge on any atom is 0.262 e. The van der Waals surface area contributed by atoms with Gasteiger partial charge in [0.1, 0.15) is 16.6 Å². The smallest absolute Gasteiger partial charge is 0.262 e. The van der Waals surface area contributed by atoms with Crippen LogP contribution in [0, 0.1) is 0 Å². The SMILES string of the molecule is CN1C(=O)c2ccccc2OC=C1Br. The van der Waals surface area contributed by atoms with E-state index in [1.165, 1.54) is 11.2 Å². The number of nitrogens with zero attached hydrogens (tertiary/aromatic N) is 1. The van der Waals surface area contributed by atoms with Gasteiger partial charge >= 0.3 is 0 Å². The summed E-state index contributed by atoms with van der Waals surface area (Å²) in [6, 6.07) is 7.16. The van der Waals surface area contributed by atoms with Gasteiger partial charge in [-0.3, -0.25) is 4.79 Å². The molecule has 0 atom stereocenters. The van der Waals surface area contributed by atoms with Crippen molar-refractivity contribution in [2.24, 2.45) is 0 Å². The maximum absolute atomic E-state index is 11.8. The van der Waals surface area contributed by atoms with Crippen LogP contribution in [0.25, 0.3) is 0 Å². The van der Waals surface area contributed by atoms with Crippen LogP contribution in [0.2, 0.25) is 0 Å². The van der Waals surface area contributed by atoms with Gasteiger partial charge in [0.15, 0.2) is 0 Å². The number of rotatable bonds is 0. The van der Waals surface area contributed by atoms with E-state index in [0.29, 0.717) is 15.9 Å². The van der Waals surface area contributed by atoms with Crippen molar-refractivity contribution >= 4 is 21.8 Å². The minimum absolute atomic E-state index is 0.0822. The van der Waals surface area contributed by atoms with E-state index in [-0.39, 0.29) is 5.91 Å². The molecule has 0 saturated carbocycles. The minimum Gasteiger partial charge on any atom is -0.461 e. The molecule has 0 bridgehead atoms. The second-order valence-corrected chi connectivity index (χ2v) is 3.73. The van der Waals surface area contributed by atoms with Gasteiger partial charge in [0.25, 0.3) is 5.91 Å². The summed E-state index contributed by atoms with van der Waals surface area (Å²) in [4.78, 5) is 13.3. The number of benzene rings is 1. The fraction of sp³-hybridized carbons (Fsp3) is 0.100. The first-order valence-electron chi connectivity index (χ1n) is 4.09. The van der Waals surface area contributed by atoms with Gasteiger partial charge in [-0.2, -0.15) is 0 Å². The Morgan fingerprint density at radius 2 is 2.07 bits per heavy atom. The van der Waals surface area contributed by atoms with Crippen LogP contribution in [-0.4, -0.2) is 17.9 Å². The zero-order valence-corrected chi connectivity index (χ0v) is 9.11. The van der Waals surface area contributed by atoms with E-state index < -0.39 is 0 Å². The third-order valence-corrected chi connectivity index (χ3v) is 2.74. The Morgan fingerprint density at radius 1 is 1.36 bits per heavy atom. The van der Waals surface area contributed by atoms with Gasteiger partial charge in [0.2, 0.25) is 0 Å². The van der Waals surface area contributed by atoms with E-state index in [2.05, 4.69) is 15.9 Å². The fourth-order valence-corrected chi connectivity index (χ4v) is 1.47.